The van der Waals surface area contributed by atoms with E-state index in [0.29, 0.717) is 11.5 Å². The van der Waals surface area contributed by atoms with Gasteiger partial charge in [0.1, 0.15) is 0 Å². The third-order valence-corrected chi connectivity index (χ3v) is 5.81. The second-order valence-corrected chi connectivity index (χ2v) is 7.34. The Hall–Kier alpha value is -1.66. The van der Waals surface area contributed by atoms with E-state index in [1.54, 1.807) is 19.2 Å². The quantitative estimate of drug-likeness (QED) is 0.818. The van der Waals surface area contributed by atoms with Crippen LogP contribution in [0, 0.1) is 5.92 Å². The van der Waals surface area contributed by atoms with E-state index in [4.69, 9.17) is 5.11 Å². The van der Waals surface area contributed by atoms with Crippen molar-refractivity contribution in [3.05, 3.63) is 35.9 Å². The smallest absolute Gasteiger partial charge is 0.328 e. The van der Waals surface area contributed by atoms with Crippen LogP contribution in [0.3, 0.4) is 0 Å². The molecule has 0 saturated heterocycles. The molecule has 0 aliphatic heterocycles. The minimum Gasteiger partial charge on any atom is -0.478 e. The van der Waals surface area contributed by atoms with Gasteiger partial charge in [-0.15, -0.1) is 0 Å². The van der Waals surface area contributed by atoms with Gasteiger partial charge in [0.25, 0.3) is 0 Å². The minimum absolute atomic E-state index is 0.00147. The molecular weight excluding hydrogens is 290 g/mol. The number of carboxylic acid groups (broad SMARTS) is 1. The average Bonchev–Trinajstić information content (AvgIpc) is 3.28. The van der Waals surface area contributed by atoms with Crippen LogP contribution in [0.4, 0.5) is 0 Å². The van der Waals surface area contributed by atoms with Gasteiger partial charge in [0.2, 0.25) is 10.0 Å². The summed E-state index contributed by atoms with van der Waals surface area (Å²) in [5, 5.41) is 8.56. The maximum absolute atomic E-state index is 12.5. The Morgan fingerprint density at radius 2 is 1.90 bits per heavy atom. The normalized spacial score (nSPS) is 17.3. The number of carboxylic acids is 1. The van der Waals surface area contributed by atoms with Gasteiger partial charge in [-0.3, -0.25) is 0 Å². The number of hydrogen-bond donors (Lipinski definition) is 1. The van der Waals surface area contributed by atoms with Crippen molar-refractivity contribution in [2.75, 3.05) is 7.05 Å². The van der Waals surface area contributed by atoms with Crippen molar-refractivity contribution in [1.82, 2.24) is 4.31 Å². The van der Waals surface area contributed by atoms with Gasteiger partial charge in [-0.1, -0.05) is 12.1 Å². The summed E-state index contributed by atoms with van der Waals surface area (Å²) in [6.07, 6.45) is 4.61. The van der Waals surface area contributed by atoms with Gasteiger partial charge in [0.15, 0.2) is 0 Å². The Morgan fingerprint density at radius 1 is 1.33 bits per heavy atom. The second kappa shape index (κ2) is 5.99. The molecule has 1 aromatic carbocycles. The summed E-state index contributed by atoms with van der Waals surface area (Å²) in [5.74, 6) is -0.577. The zero-order valence-corrected chi connectivity index (χ0v) is 12.9. The summed E-state index contributed by atoms with van der Waals surface area (Å²) in [6.45, 7) is 1.93. The summed E-state index contributed by atoms with van der Waals surface area (Å²) in [7, 11) is -1.89. The van der Waals surface area contributed by atoms with Crippen LogP contribution in [0.5, 0.6) is 0 Å². The number of nitrogens with zero attached hydrogens (tertiary/aromatic N) is 1. The lowest BCUT2D eigenvalue weighted by Gasteiger charge is -2.24. The van der Waals surface area contributed by atoms with Gasteiger partial charge >= 0.3 is 5.97 Å². The minimum atomic E-state index is -3.50. The van der Waals surface area contributed by atoms with Gasteiger partial charge in [-0.2, -0.15) is 4.31 Å². The molecule has 1 aliphatic carbocycles. The summed E-state index contributed by atoms with van der Waals surface area (Å²) in [6, 6.07) is 6.21. The molecule has 21 heavy (non-hydrogen) atoms. The first kappa shape index (κ1) is 15.7. The van der Waals surface area contributed by atoms with E-state index in [9.17, 15) is 13.2 Å². The first-order chi connectivity index (χ1) is 9.82. The van der Waals surface area contributed by atoms with Crippen LogP contribution < -0.4 is 0 Å². The van der Waals surface area contributed by atoms with Crippen molar-refractivity contribution in [3.63, 3.8) is 0 Å². The molecule has 2 rings (SSSR count). The summed E-state index contributed by atoms with van der Waals surface area (Å²) >= 11 is 0. The Morgan fingerprint density at radius 3 is 2.38 bits per heavy atom. The van der Waals surface area contributed by atoms with Crippen LogP contribution in [0.2, 0.25) is 0 Å². The fourth-order valence-electron chi connectivity index (χ4n) is 2.18. The third kappa shape index (κ3) is 3.71. The van der Waals surface area contributed by atoms with Crippen LogP contribution in [0.25, 0.3) is 6.08 Å². The highest BCUT2D eigenvalue weighted by Gasteiger charge is 2.35. The molecular formula is C15H19NO4S. The molecule has 0 bridgehead atoms. The highest BCUT2D eigenvalue weighted by atomic mass is 32.2. The molecule has 1 unspecified atom stereocenters. The van der Waals surface area contributed by atoms with Crippen LogP contribution in [0.1, 0.15) is 25.3 Å². The zero-order chi connectivity index (χ0) is 15.6. The van der Waals surface area contributed by atoms with E-state index in [-0.39, 0.29) is 10.9 Å². The highest BCUT2D eigenvalue weighted by molar-refractivity contribution is 7.89. The van der Waals surface area contributed by atoms with Crippen LogP contribution in [-0.4, -0.2) is 36.9 Å². The van der Waals surface area contributed by atoms with Gasteiger partial charge < -0.3 is 5.11 Å². The molecule has 5 nitrogen and oxygen atoms in total. The molecule has 1 fully saturated rings. The zero-order valence-electron chi connectivity index (χ0n) is 12.1. The van der Waals surface area contributed by atoms with Crippen molar-refractivity contribution in [2.24, 2.45) is 5.92 Å². The summed E-state index contributed by atoms with van der Waals surface area (Å²) in [5.41, 5.74) is 0.647. The van der Waals surface area contributed by atoms with Gasteiger partial charge in [0.05, 0.1) is 4.90 Å². The maximum Gasteiger partial charge on any atom is 0.328 e. The molecule has 1 aliphatic rings. The first-order valence-electron chi connectivity index (χ1n) is 6.81. The molecule has 0 radical (unpaired) electrons. The molecule has 0 aromatic heterocycles. The number of rotatable bonds is 6. The van der Waals surface area contributed by atoms with E-state index in [1.165, 1.54) is 22.5 Å². The van der Waals surface area contributed by atoms with Crippen LogP contribution in [-0.2, 0) is 14.8 Å². The van der Waals surface area contributed by atoms with Gasteiger partial charge in [-0.25, -0.2) is 13.2 Å². The Kier molecular flexibility index (Phi) is 4.49. The Balaban J connectivity index is 2.18. The van der Waals surface area contributed by atoms with Gasteiger partial charge in [0, 0.05) is 19.2 Å². The molecule has 0 spiro atoms. The monoisotopic (exact) mass is 309 g/mol. The topological polar surface area (TPSA) is 74.7 Å². The SMILES string of the molecule is CC(C1CC1)N(C)S(=O)(=O)c1ccc(/C=C/C(=O)O)cc1. The number of aliphatic carboxylic acids is 1. The largest absolute Gasteiger partial charge is 0.478 e. The van der Waals surface area contributed by atoms with Crippen LogP contribution in [0.15, 0.2) is 35.2 Å². The van der Waals surface area contributed by atoms with E-state index in [1.807, 2.05) is 6.92 Å². The molecule has 1 saturated carbocycles. The third-order valence-electron chi connectivity index (χ3n) is 3.85. The lowest BCUT2D eigenvalue weighted by atomic mass is 10.2. The molecule has 1 N–H and O–H groups in total. The van der Waals surface area contributed by atoms with E-state index in [0.717, 1.165) is 18.9 Å². The second-order valence-electron chi connectivity index (χ2n) is 5.34. The van der Waals surface area contributed by atoms with E-state index < -0.39 is 16.0 Å². The van der Waals surface area contributed by atoms with Crippen molar-refractivity contribution < 1.29 is 18.3 Å². The molecule has 1 atom stereocenters. The number of carbonyl (C=O) groups is 1. The molecule has 0 heterocycles. The fraction of sp³-hybridized carbons (Fsp3) is 0.400. The summed E-state index contributed by atoms with van der Waals surface area (Å²) in [4.78, 5) is 10.7. The van der Waals surface area contributed by atoms with Crippen molar-refractivity contribution in [2.45, 2.75) is 30.7 Å². The van der Waals surface area contributed by atoms with E-state index in [2.05, 4.69) is 0 Å². The average molecular weight is 309 g/mol. The van der Waals surface area contributed by atoms with E-state index >= 15 is 0 Å². The van der Waals surface area contributed by atoms with Gasteiger partial charge in [-0.05, 0) is 49.5 Å². The molecule has 0 amide bonds. The fourth-order valence-corrected chi connectivity index (χ4v) is 3.60. The number of benzene rings is 1. The van der Waals surface area contributed by atoms with Crippen molar-refractivity contribution in [3.8, 4) is 0 Å². The highest BCUT2D eigenvalue weighted by Crippen LogP contribution is 2.36. The predicted molar refractivity (Wildman–Crippen MR) is 80.2 cm³/mol. The standard InChI is InChI=1S/C15H19NO4S/c1-11(13-6-7-13)16(2)21(19,20)14-8-3-12(4-9-14)5-10-15(17)18/h3-5,8-11,13H,6-7H2,1-2H3,(H,17,18)/b10-5+. The van der Waals surface area contributed by atoms with Crippen molar-refractivity contribution in [1.29, 1.82) is 0 Å². The molecule has 6 heteroatoms. The first-order valence-corrected chi connectivity index (χ1v) is 8.25. The number of hydrogen-bond acceptors (Lipinski definition) is 3. The lowest BCUT2D eigenvalue weighted by molar-refractivity contribution is -0.131. The summed E-state index contributed by atoms with van der Waals surface area (Å²) < 4.78 is 26.4. The molecule has 114 valence electrons. The maximum atomic E-state index is 12.5. The Bertz CT molecular complexity index is 645. The lowest BCUT2D eigenvalue weighted by Crippen LogP contribution is -2.36. The number of sulfonamides is 1. The predicted octanol–water partition coefficient (Wildman–Crippen LogP) is 2.20. The Labute approximate surface area is 124 Å². The van der Waals surface area contributed by atoms with Crippen molar-refractivity contribution >= 4 is 22.1 Å². The molecule has 1 aromatic rings. The van der Waals surface area contributed by atoms with Crippen LogP contribution >= 0.6 is 0 Å².